The van der Waals surface area contributed by atoms with Crippen LogP contribution in [-0.2, 0) is 16.9 Å². The molecule has 104 valence electrons. The summed E-state index contributed by atoms with van der Waals surface area (Å²) in [6.07, 6.45) is 2.08. The topological polar surface area (TPSA) is 78.0 Å². The van der Waals surface area contributed by atoms with Crippen LogP contribution in [0.4, 0.5) is 0 Å². The molecule has 0 aliphatic carbocycles. The summed E-state index contributed by atoms with van der Waals surface area (Å²) in [5.41, 5.74) is 7.12. The average Bonchev–Trinajstić information content (AvgIpc) is 2.68. The summed E-state index contributed by atoms with van der Waals surface area (Å²) in [5, 5.41) is 0. The first kappa shape index (κ1) is 14.0. The van der Waals surface area contributed by atoms with Gasteiger partial charge in [0.05, 0.1) is 10.4 Å². The lowest BCUT2D eigenvalue weighted by Gasteiger charge is -2.11. The number of nitrogens with zero attached hydrogens (tertiary/aromatic N) is 2. The SMILES string of the molecule is CCC(CN)c1nc2c(S(C)(=O)=O)cccc2n1C. The van der Waals surface area contributed by atoms with E-state index in [1.165, 1.54) is 6.26 Å². The Kier molecular flexibility index (Phi) is 3.64. The van der Waals surface area contributed by atoms with Gasteiger partial charge in [-0.05, 0) is 18.6 Å². The number of rotatable bonds is 4. The molecule has 0 saturated heterocycles. The van der Waals surface area contributed by atoms with Crippen LogP contribution in [0.3, 0.4) is 0 Å². The molecule has 2 aromatic rings. The molecule has 1 aromatic heterocycles. The highest BCUT2D eigenvalue weighted by molar-refractivity contribution is 7.91. The highest BCUT2D eigenvalue weighted by atomic mass is 32.2. The summed E-state index contributed by atoms with van der Waals surface area (Å²) in [7, 11) is -1.38. The molecule has 0 bridgehead atoms. The predicted molar refractivity (Wildman–Crippen MR) is 75.9 cm³/mol. The monoisotopic (exact) mass is 281 g/mol. The molecule has 0 fully saturated rings. The van der Waals surface area contributed by atoms with E-state index in [0.717, 1.165) is 17.8 Å². The van der Waals surface area contributed by atoms with Crippen LogP contribution in [-0.4, -0.2) is 30.8 Å². The van der Waals surface area contributed by atoms with E-state index < -0.39 is 9.84 Å². The first-order valence-corrected chi connectivity index (χ1v) is 8.14. The normalized spacial score (nSPS) is 13.9. The predicted octanol–water partition coefficient (Wildman–Crippen LogP) is 1.43. The van der Waals surface area contributed by atoms with Crippen LogP contribution in [0.2, 0.25) is 0 Å². The van der Waals surface area contributed by atoms with E-state index in [2.05, 4.69) is 4.98 Å². The highest BCUT2D eigenvalue weighted by Gasteiger charge is 2.20. The van der Waals surface area contributed by atoms with Crippen molar-refractivity contribution in [3.63, 3.8) is 0 Å². The lowest BCUT2D eigenvalue weighted by Crippen LogP contribution is -2.15. The molecular weight excluding hydrogens is 262 g/mol. The summed E-state index contributed by atoms with van der Waals surface area (Å²) in [4.78, 5) is 4.80. The van der Waals surface area contributed by atoms with Crippen LogP contribution in [0, 0.1) is 0 Å². The zero-order valence-electron chi connectivity index (χ0n) is 11.4. The fraction of sp³-hybridized carbons (Fsp3) is 0.462. The van der Waals surface area contributed by atoms with Gasteiger partial charge in [-0.25, -0.2) is 13.4 Å². The van der Waals surface area contributed by atoms with Crippen molar-refractivity contribution in [3.05, 3.63) is 24.0 Å². The molecule has 19 heavy (non-hydrogen) atoms. The van der Waals surface area contributed by atoms with Crippen LogP contribution in [0.5, 0.6) is 0 Å². The molecule has 0 saturated carbocycles. The molecule has 0 radical (unpaired) electrons. The number of benzene rings is 1. The van der Waals surface area contributed by atoms with Crippen LogP contribution in [0.1, 0.15) is 25.1 Å². The molecular formula is C13H19N3O2S. The Morgan fingerprint density at radius 3 is 2.63 bits per heavy atom. The second kappa shape index (κ2) is 4.94. The lowest BCUT2D eigenvalue weighted by atomic mass is 10.1. The van der Waals surface area contributed by atoms with Crippen molar-refractivity contribution in [2.75, 3.05) is 12.8 Å². The van der Waals surface area contributed by atoms with Gasteiger partial charge in [0.1, 0.15) is 11.3 Å². The molecule has 0 spiro atoms. The van der Waals surface area contributed by atoms with E-state index in [4.69, 9.17) is 5.73 Å². The Hall–Kier alpha value is -1.40. The van der Waals surface area contributed by atoms with Gasteiger partial charge < -0.3 is 10.3 Å². The standard InChI is InChI=1S/C13H19N3O2S/c1-4-9(8-14)13-15-12-10(16(13)2)6-5-7-11(12)19(3,17)18/h5-7,9H,4,8,14H2,1-3H3. The van der Waals surface area contributed by atoms with E-state index in [0.29, 0.717) is 12.1 Å². The van der Waals surface area contributed by atoms with E-state index in [1.54, 1.807) is 12.1 Å². The molecule has 5 nitrogen and oxygen atoms in total. The molecule has 2 rings (SSSR count). The molecule has 1 heterocycles. The van der Waals surface area contributed by atoms with Crippen molar-refractivity contribution in [2.24, 2.45) is 12.8 Å². The summed E-state index contributed by atoms with van der Waals surface area (Å²) < 4.78 is 25.5. The minimum absolute atomic E-state index is 0.143. The van der Waals surface area contributed by atoms with Gasteiger partial charge in [-0.2, -0.15) is 0 Å². The van der Waals surface area contributed by atoms with Gasteiger partial charge in [-0.1, -0.05) is 13.0 Å². The van der Waals surface area contributed by atoms with Gasteiger partial charge in [0.15, 0.2) is 9.84 Å². The molecule has 1 unspecified atom stereocenters. The van der Waals surface area contributed by atoms with Gasteiger partial charge in [-0.3, -0.25) is 0 Å². The number of aromatic nitrogens is 2. The summed E-state index contributed by atoms with van der Waals surface area (Å²) in [5.74, 6) is 0.987. The number of para-hydroxylation sites is 1. The average molecular weight is 281 g/mol. The maximum absolute atomic E-state index is 11.8. The van der Waals surface area contributed by atoms with Crippen molar-refractivity contribution < 1.29 is 8.42 Å². The Bertz CT molecular complexity index is 700. The van der Waals surface area contributed by atoms with Crippen LogP contribution in [0.25, 0.3) is 11.0 Å². The van der Waals surface area contributed by atoms with Gasteiger partial charge in [0.2, 0.25) is 0 Å². The number of hydrogen-bond donors (Lipinski definition) is 1. The van der Waals surface area contributed by atoms with E-state index in [1.807, 2.05) is 24.6 Å². The number of sulfone groups is 1. The summed E-state index contributed by atoms with van der Waals surface area (Å²) in [6, 6.07) is 5.22. The molecule has 0 amide bonds. The smallest absolute Gasteiger partial charge is 0.177 e. The molecule has 2 N–H and O–H groups in total. The van der Waals surface area contributed by atoms with Crippen molar-refractivity contribution in [1.29, 1.82) is 0 Å². The third-order valence-corrected chi connectivity index (χ3v) is 4.58. The molecule has 1 aromatic carbocycles. The zero-order chi connectivity index (χ0) is 14.2. The molecule has 0 aliphatic rings. The van der Waals surface area contributed by atoms with Crippen molar-refractivity contribution in [1.82, 2.24) is 9.55 Å². The largest absolute Gasteiger partial charge is 0.331 e. The Morgan fingerprint density at radius 1 is 1.42 bits per heavy atom. The summed E-state index contributed by atoms with van der Waals surface area (Å²) in [6.45, 7) is 2.55. The second-order valence-electron chi connectivity index (χ2n) is 4.77. The minimum Gasteiger partial charge on any atom is -0.331 e. The number of imidazole rings is 1. The number of fused-ring (bicyclic) bond motifs is 1. The number of aryl methyl sites for hydroxylation is 1. The highest BCUT2D eigenvalue weighted by Crippen LogP contribution is 2.27. The van der Waals surface area contributed by atoms with Crippen molar-refractivity contribution in [3.8, 4) is 0 Å². The number of nitrogens with two attached hydrogens (primary N) is 1. The third-order valence-electron chi connectivity index (χ3n) is 3.45. The number of hydrogen-bond acceptors (Lipinski definition) is 4. The van der Waals surface area contributed by atoms with E-state index >= 15 is 0 Å². The van der Waals surface area contributed by atoms with Gasteiger partial charge in [-0.15, -0.1) is 0 Å². The molecule has 1 atom stereocenters. The first-order chi connectivity index (χ1) is 8.90. The Balaban J connectivity index is 2.77. The van der Waals surface area contributed by atoms with E-state index in [-0.39, 0.29) is 10.8 Å². The van der Waals surface area contributed by atoms with Crippen LogP contribution < -0.4 is 5.73 Å². The second-order valence-corrected chi connectivity index (χ2v) is 6.75. The van der Waals surface area contributed by atoms with Crippen LogP contribution in [0.15, 0.2) is 23.1 Å². The molecule has 6 heteroatoms. The lowest BCUT2D eigenvalue weighted by molar-refractivity contribution is 0.602. The molecule has 0 aliphatic heterocycles. The van der Waals surface area contributed by atoms with Gasteiger partial charge >= 0.3 is 0 Å². The van der Waals surface area contributed by atoms with Gasteiger partial charge in [0, 0.05) is 25.8 Å². The van der Waals surface area contributed by atoms with Crippen molar-refractivity contribution >= 4 is 20.9 Å². The summed E-state index contributed by atoms with van der Waals surface area (Å²) >= 11 is 0. The fourth-order valence-corrected chi connectivity index (χ4v) is 3.15. The Morgan fingerprint density at radius 2 is 2.11 bits per heavy atom. The van der Waals surface area contributed by atoms with Gasteiger partial charge in [0.25, 0.3) is 0 Å². The quantitative estimate of drug-likeness (QED) is 0.919. The maximum atomic E-state index is 11.8. The zero-order valence-corrected chi connectivity index (χ0v) is 12.2. The minimum atomic E-state index is -3.28. The van der Waals surface area contributed by atoms with E-state index in [9.17, 15) is 8.42 Å². The third kappa shape index (κ3) is 2.37. The maximum Gasteiger partial charge on any atom is 0.177 e. The fourth-order valence-electron chi connectivity index (χ4n) is 2.33. The van der Waals surface area contributed by atoms with Crippen molar-refractivity contribution in [2.45, 2.75) is 24.2 Å². The Labute approximate surface area is 113 Å². The first-order valence-electron chi connectivity index (χ1n) is 6.25. The van der Waals surface area contributed by atoms with Crippen LogP contribution >= 0.6 is 0 Å².